The summed E-state index contributed by atoms with van der Waals surface area (Å²) in [7, 11) is 0. The van der Waals surface area contributed by atoms with Crippen LogP contribution in [0.3, 0.4) is 0 Å². The molecule has 10 heteroatoms. The maximum Gasteiger partial charge on any atom is 0.281 e. The summed E-state index contributed by atoms with van der Waals surface area (Å²) in [5.41, 5.74) is 3.53. The molecule has 0 atom stereocenters. The third-order valence-corrected chi connectivity index (χ3v) is 4.44. The number of hydrogen-bond acceptors (Lipinski definition) is 7. The van der Waals surface area contributed by atoms with Gasteiger partial charge in [0.1, 0.15) is 15.9 Å². The highest BCUT2D eigenvalue weighted by Gasteiger charge is 2.20. The Labute approximate surface area is 152 Å². The summed E-state index contributed by atoms with van der Waals surface area (Å²) < 4.78 is 0. The molecule has 0 bridgehead atoms. The Balaban J connectivity index is 2.12. The lowest BCUT2D eigenvalue weighted by atomic mass is 10.1. The van der Waals surface area contributed by atoms with Crippen LogP contribution in [0, 0.1) is 28.4 Å². The number of rotatable bonds is 5. The monoisotopic (exact) mass is 371 g/mol. The molecule has 0 aliphatic carbocycles. The van der Waals surface area contributed by atoms with E-state index in [0.717, 1.165) is 11.3 Å². The number of hydrazone groups is 1. The average molecular weight is 371 g/mol. The number of benzene rings is 1. The summed E-state index contributed by atoms with van der Waals surface area (Å²) >= 11 is 0.983. The fourth-order valence-corrected chi connectivity index (χ4v) is 3.10. The number of thiophene rings is 1. The second-order valence-electron chi connectivity index (χ2n) is 5.10. The maximum absolute atomic E-state index is 12.2. The van der Waals surface area contributed by atoms with E-state index in [4.69, 9.17) is 0 Å². The number of nitro groups is 1. The summed E-state index contributed by atoms with van der Waals surface area (Å²) in [6, 6.07) is 7.60. The first-order valence-corrected chi connectivity index (χ1v) is 8.04. The summed E-state index contributed by atoms with van der Waals surface area (Å²) in [4.78, 5) is 33.8. The van der Waals surface area contributed by atoms with Crippen LogP contribution in [0.4, 0.5) is 10.7 Å². The van der Waals surface area contributed by atoms with Crippen LogP contribution < -0.4 is 10.7 Å². The Hall–Kier alpha value is -3.58. The van der Waals surface area contributed by atoms with Gasteiger partial charge in [-0.15, -0.1) is 11.3 Å². The predicted octanol–water partition coefficient (Wildman–Crippen LogP) is 2.56. The summed E-state index contributed by atoms with van der Waals surface area (Å²) in [6.45, 7) is 2.92. The number of hydrogen-bond donors (Lipinski definition) is 2. The van der Waals surface area contributed by atoms with Gasteiger partial charge >= 0.3 is 0 Å². The quantitative estimate of drug-likeness (QED) is 0.472. The van der Waals surface area contributed by atoms with E-state index in [1.165, 1.54) is 37.4 Å². The molecule has 2 amide bonds. The molecule has 2 N–H and O–H groups in total. The molecular formula is C16H13N5O4S. The van der Waals surface area contributed by atoms with E-state index in [0.29, 0.717) is 16.1 Å². The third-order valence-electron chi connectivity index (χ3n) is 3.24. The van der Waals surface area contributed by atoms with Crippen molar-refractivity contribution in [3.63, 3.8) is 0 Å². The predicted molar refractivity (Wildman–Crippen MR) is 96.2 cm³/mol. The van der Waals surface area contributed by atoms with Crippen molar-refractivity contribution in [2.75, 3.05) is 5.32 Å². The number of non-ortho nitro benzene ring substituents is 1. The molecule has 0 radical (unpaired) electrons. The third kappa shape index (κ3) is 4.28. The number of nitro benzene ring substituents is 1. The van der Waals surface area contributed by atoms with Gasteiger partial charge in [0.25, 0.3) is 11.6 Å². The Morgan fingerprint density at radius 3 is 2.54 bits per heavy atom. The standard InChI is InChI=1S/C16H13N5O4S/c1-9-13(7-17)16(19-10(2)22)26-14(9)15(23)20-18-8-11-3-5-12(6-4-11)21(24)25/h3-6,8H,1-2H3,(H,19,22)(H,20,23)/b18-8-. The van der Waals surface area contributed by atoms with Gasteiger partial charge in [-0.25, -0.2) is 5.43 Å². The van der Waals surface area contributed by atoms with Crippen LogP contribution in [0.2, 0.25) is 0 Å². The lowest BCUT2D eigenvalue weighted by molar-refractivity contribution is -0.384. The van der Waals surface area contributed by atoms with Crippen molar-refractivity contribution in [1.82, 2.24) is 5.43 Å². The largest absolute Gasteiger partial charge is 0.317 e. The van der Waals surface area contributed by atoms with Gasteiger partial charge in [-0.05, 0) is 30.2 Å². The molecule has 0 spiro atoms. The Morgan fingerprint density at radius 1 is 1.35 bits per heavy atom. The molecule has 0 fully saturated rings. The van der Waals surface area contributed by atoms with Crippen molar-refractivity contribution in [3.8, 4) is 6.07 Å². The van der Waals surface area contributed by atoms with Crippen LogP contribution >= 0.6 is 11.3 Å². The molecule has 0 aliphatic heterocycles. The minimum Gasteiger partial charge on any atom is -0.317 e. The van der Waals surface area contributed by atoms with Crippen LogP contribution in [0.1, 0.15) is 33.3 Å². The molecule has 26 heavy (non-hydrogen) atoms. The molecular weight excluding hydrogens is 358 g/mol. The van der Waals surface area contributed by atoms with Gasteiger partial charge in [0, 0.05) is 19.1 Å². The number of nitriles is 1. The van der Waals surface area contributed by atoms with Crippen molar-refractivity contribution in [3.05, 3.63) is 55.9 Å². The first-order valence-electron chi connectivity index (χ1n) is 7.22. The van der Waals surface area contributed by atoms with Crippen LogP contribution in [0.5, 0.6) is 0 Å². The van der Waals surface area contributed by atoms with E-state index in [2.05, 4.69) is 15.8 Å². The molecule has 0 saturated carbocycles. The van der Waals surface area contributed by atoms with Crippen molar-refractivity contribution in [2.24, 2.45) is 5.10 Å². The lowest BCUT2D eigenvalue weighted by Crippen LogP contribution is -2.17. The molecule has 1 aromatic heterocycles. The molecule has 0 saturated heterocycles. The van der Waals surface area contributed by atoms with Gasteiger partial charge < -0.3 is 5.32 Å². The second-order valence-corrected chi connectivity index (χ2v) is 6.12. The summed E-state index contributed by atoms with van der Waals surface area (Å²) in [5, 5.41) is 26.4. The minimum absolute atomic E-state index is 0.0464. The molecule has 9 nitrogen and oxygen atoms in total. The van der Waals surface area contributed by atoms with E-state index in [1.54, 1.807) is 6.92 Å². The second kappa shape index (κ2) is 8.00. The maximum atomic E-state index is 12.2. The lowest BCUT2D eigenvalue weighted by Gasteiger charge is -1.98. The molecule has 1 heterocycles. The van der Waals surface area contributed by atoms with Gasteiger partial charge in [0.15, 0.2) is 0 Å². The van der Waals surface area contributed by atoms with Crippen molar-refractivity contribution < 1.29 is 14.5 Å². The highest BCUT2D eigenvalue weighted by Crippen LogP contribution is 2.32. The summed E-state index contributed by atoms with van der Waals surface area (Å²) in [5.74, 6) is -0.871. The normalized spacial score (nSPS) is 10.3. The first kappa shape index (κ1) is 18.8. The van der Waals surface area contributed by atoms with Crippen LogP contribution in [0.15, 0.2) is 29.4 Å². The molecule has 132 valence electrons. The number of carbonyl (C=O) groups is 2. The van der Waals surface area contributed by atoms with Gasteiger partial charge in [-0.1, -0.05) is 0 Å². The topological polar surface area (TPSA) is 137 Å². The van der Waals surface area contributed by atoms with E-state index in [-0.39, 0.29) is 22.0 Å². The first-order chi connectivity index (χ1) is 12.3. The van der Waals surface area contributed by atoms with E-state index >= 15 is 0 Å². The van der Waals surface area contributed by atoms with Crippen molar-refractivity contribution in [2.45, 2.75) is 13.8 Å². The molecule has 2 aromatic rings. The van der Waals surface area contributed by atoms with E-state index in [1.807, 2.05) is 6.07 Å². The van der Waals surface area contributed by atoms with Gasteiger partial charge in [-0.3, -0.25) is 19.7 Å². The number of amides is 2. The SMILES string of the molecule is CC(=O)Nc1sc(C(=O)N/N=C\c2ccc([N+](=O)[O-])cc2)c(C)c1C#N. The number of nitrogens with zero attached hydrogens (tertiary/aromatic N) is 3. The smallest absolute Gasteiger partial charge is 0.281 e. The zero-order valence-electron chi connectivity index (χ0n) is 13.8. The number of carbonyl (C=O) groups excluding carboxylic acids is 2. The van der Waals surface area contributed by atoms with E-state index < -0.39 is 10.8 Å². The Kier molecular flexibility index (Phi) is 5.77. The Morgan fingerprint density at radius 2 is 2.00 bits per heavy atom. The zero-order chi connectivity index (χ0) is 19.3. The van der Waals surface area contributed by atoms with Gasteiger partial charge in [0.05, 0.1) is 16.7 Å². The highest BCUT2D eigenvalue weighted by molar-refractivity contribution is 7.18. The van der Waals surface area contributed by atoms with Gasteiger partial charge in [0.2, 0.25) is 5.91 Å². The summed E-state index contributed by atoms with van der Waals surface area (Å²) in [6.07, 6.45) is 1.34. The van der Waals surface area contributed by atoms with E-state index in [9.17, 15) is 25.0 Å². The number of nitrogens with one attached hydrogen (secondary N) is 2. The highest BCUT2D eigenvalue weighted by atomic mass is 32.1. The molecule has 2 rings (SSSR count). The van der Waals surface area contributed by atoms with Crippen LogP contribution in [-0.2, 0) is 4.79 Å². The zero-order valence-corrected chi connectivity index (χ0v) is 14.6. The molecule has 1 aromatic carbocycles. The molecule has 0 unspecified atom stereocenters. The van der Waals surface area contributed by atoms with Crippen LogP contribution in [-0.4, -0.2) is 23.0 Å². The van der Waals surface area contributed by atoms with Crippen LogP contribution in [0.25, 0.3) is 0 Å². The van der Waals surface area contributed by atoms with Crippen molar-refractivity contribution in [1.29, 1.82) is 5.26 Å². The molecule has 0 aliphatic rings. The fraction of sp³-hybridized carbons (Fsp3) is 0.125. The number of anilines is 1. The fourth-order valence-electron chi connectivity index (χ4n) is 2.01. The van der Waals surface area contributed by atoms with Gasteiger partial charge in [-0.2, -0.15) is 10.4 Å². The van der Waals surface area contributed by atoms with Crippen molar-refractivity contribution >= 4 is 40.1 Å². The average Bonchev–Trinajstić information content (AvgIpc) is 2.90. The minimum atomic E-state index is -0.529. The Bertz CT molecular complexity index is 941.